The van der Waals surface area contributed by atoms with Crippen LogP contribution in [0.1, 0.15) is 0 Å². The van der Waals surface area contributed by atoms with E-state index in [4.69, 9.17) is 4.42 Å². The first kappa shape index (κ1) is 36.5. The van der Waals surface area contributed by atoms with Gasteiger partial charge in [-0.15, -0.1) is 0 Å². The van der Waals surface area contributed by atoms with Crippen molar-refractivity contribution in [2.24, 2.45) is 0 Å². The molecule has 0 saturated heterocycles. The van der Waals surface area contributed by atoms with E-state index in [0.29, 0.717) is 0 Å². The highest BCUT2D eigenvalue weighted by Gasteiger charge is 2.20. The molecule has 0 atom stereocenters. The molecule has 0 aliphatic heterocycles. The zero-order valence-electron chi connectivity index (χ0n) is 34.4. The third-order valence-electron chi connectivity index (χ3n) is 12.4. The summed E-state index contributed by atoms with van der Waals surface area (Å²) in [7, 11) is 0. The average Bonchev–Trinajstić information content (AvgIpc) is 3.91. The molecule has 0 amide bonds. The Kier molecular flexibility index (Phi) is 8.83. The Hall–Kier alpha value is -8.40. The van der Waals surface area contributed by atoms with Crippen molar-refractivity contribution in [3.05, 3.63) is 243 Å². The van der Waals surface area contributed by atoms with Crippen LogP contribution in [0.4, 0.5) is 17.1 Å². The van der Waals surface area contributed by atoms with Gasteiger partial charge in [0.1, 0.15) is 11.2 Å². The Balaban J connectivity index is 0.949. The van der Waals surface area contributed by atoms with Gasteiger partial charge in [0.05, 0.1) is 16.7 Å². The molecule has 0 radical (unpaired) electrons. The van der Waals surface area contributed by atoms with Gasteiger partial charge in [-0.25, -0.2) is 0 Å². The van der Waals surface area contributed by atoms with Crippen molar-refractivity contribution in [3.63, 3.8) is 0 Å². The molecular formula is C60H40N2O. The number of fused-ring (bicyclic) bond motifs is 6. The Morgan fingerprint density at radius 1 is 0.317 bits per heavy atom. The molecule has 0 aliphatic carbocycles. The molecule has 3 nitrogen and oxygen atoms in total. The zero-order chi connectivity index (χ0) is 41.7. The Labute approximate surface area is 366 Å². The summed E-state index contributed by atoms with van der Waals surface area (Å²) >= 11 is 0. The van der Waals surface area contributed by atoms with E-state index in [1.165, 1.54) is 44.1 Å². The fourth-order valence-electron chi connectivity index (χ4n) is 9.54. The largest absolute Gasteiger partial charge is 0.456 e. The minimum absolute atomic E-state index is 0.897. The van der Waals surface area contributed by atoms with Crippen molar-refractivity contribution in [2.45, 2.75) is 0 Å². The zero-order valence-corrected chi connectivity index (χ0v) is 34.4. The summed E-state index contributed by atoms with van der Waals surface area (Å²) in [5.74, 6) is 0. The van der Waals surface area contributed by atoms with E-state index in [1.807, 2.05) is 12.1 Å². The minimum atomic E-state index is 0.897. The third-order valence-corrected chi connectivity index (χ3v) is 12.4. The number of benzene rings is 10. The quantitative estimate of drug-likeness (QED) is 0.153. The molecule has 0 spiro atoms. The molecule has 2 aromatic heterocycles. The van der Waals surface area contributed by atoms with Crippen LogP contribution in [0.15, 0.2) is 247 Å². The second-order valence-electron chi connectivity index (χ2n) is 16.1. The minimum Gasteiger partial charge on any atom is -0.456 e. The van der Waals surface area contributed by atoms with Crippen LogP contribution in [0.3, 0.4) is 0 Å². The molecule has 2 heterocycles. The number of aromatic nitrogens is 1. The maximum Gasteiger partial charge on any atom is 0.136 e. The van der Waals surface area contributed by atoms with Gasteiger partial charge in [-0.1, -0.05) is 176 Å². The van der Waals surface area contributed by atoms with E-state index < -0.39 is 0 Å². The fraction of sp³-hybridized carbons (Fsp3) is 0. The molecule has 63 heavy (non-hydrogen) atoms. The number of rotatable bonds is 8. The van der Waals surface area contributed by atoms with Gasteiger partial charge in [0.25, 0.3) is 0 Å². The standard InChI is InChI=1S/C60H40N2O/c1-2-16-42(17-3-1)49-21-6-10-27-55(49)61(45-36-32-41(33-37-45)44-18-14-19-47(40-44)62-56-28-11-7-23-51(56)52-24-8-12-29-57(52)62)46-38-34-43(35-39-46)48-20-4-5-22-50(48)53-26-15-31-59-60(53)54-25-9-13-30-58(54)63-59/h1-40H. The molecule has 3 heteroatoms. The van der Waals surface area contributed by atoms with Gasteiger partial charge >= 0.3 is 0 Å². The Bertz CT molecular complexity index is 3560. The lowest BCUT2D eigenvalue weighted by Gasteiger charge is -2.28. The number of furan rings is 1. The summed E-state index contributed by atoms with van der Waals surface area (Å²) in [4.78, 5) is 2.38. The maximum atomic E-state index is 6.30. The van der Waals surface area contributed by atoms with Crippen LogP contribution in [-0.4, -0.2) is 4.57 Å². The molecule has 0 N–H and O–H groups in total. The Morgan fingerprint density at radius 3 is 1.56 bits per heavy atom. The van der Waals surface area contributed by atoms with Crippen LogP contribution in [-0.2, 0) is 0 Å². The second kappa shape index (κ2) is 15.3. The third kappa shape index (κ3) is 6.29. The smallest absolute Gasteiger partial charge is 0.136 e. The van der Waals surface area contributed by atoms with Crippen molar-refractivity contribution >= 4 is 60.8 Å². The molecule has 0 saturated carbocycles. The fourth-order valence-corrected chi connectivity index (χ4v) is 9.54. The van der Waals surface area contributed by atoms with Gasteiger partial charge in [0, 0.05) is 44.2 Å². The van der Waals surface area contributed by atoms with E-state index in [9.17, 15) is 0 Å². The van der Waals surface area contributed by atoms with Gasteiger partial charge < -0.3 is 13.9 Å². The highest BCUT2D eigenvalue weighted by molar-refractivity contribution is 6.14. The summed E-state index contributed by atoms with van der Waals surface area (Å²) < 4.78 is 8.68. The number of hydrogen-bond donors (Lipinski definition) is 0. The second-order valence-corrected chi connectivity index (χ2v) is 16.1. The van der Waals surface area contributed by atoms with E-state index >= 15 is 0 Å². The first-order chi connectivity index (χ1) is 31.3. The maximum absolute atomic E-state index is 6.30. The Morgan fingerprint density at radius 2 is 0.825 bits per heavy atom. The molecular weight excluding hydrogens is 765 g/mol. The van der Waals surface area contributed by atoms with Crippen LogP contribution < -0.4 is 4.90 Å². The van der Waals surface area contributed by atoms with Gasteiger partial charge in [-0.3, -0.25) is 0 Å². The van der Waals surface area contributed by atoms with Crippen LogP contribution in [0, 0.1) is 0 Å². The lowest BCUT2D eigenvalue weighted by Crippen LogP contribution is -2.11. The summed E-state index contributed by atoms with van der Waals surface area (Å²) in [5.41, 5.74) is 17.9. The van der Waals surface area contributed by atoms with E-state index in [1.54, 1.807) is 0 Å². The normalized spacial score (nSPS) is 11.5. The van der Waals surface area contributed by atoms with Gasteiger partial charge in [0.2, 0.25) is 0 Å². The summed E-state index contributed by atoms with van der Waals surface area (Å²) in [6.45, 7) is 0. The van der Waals surface area contributed by atoms with E-state index in [2.05, 4.69) is 240 Å². The number of hydrogen-bond acceptors (Lipinski definition) is 2. The monoisotopic (exact) mass is 804 g/mol. The van der Waals surface area contributed by atoms with E-state index in [0.717, 1.165) is 66.9 Å². The van der Waals surface area contributed by atoms with Crippen LogP contribution in [0.25, 0.3) is 93.9 Å². The molecule has 0 unspecified atom stereocenters. The number of para-hydroxylation sites is 4. The molecule has 12 rings (SSSR count). The first-order valence-electron chi connectivity index (χ1n) is 21.5. The topological polar surface area (TPSA) is 21.3 Å². The number of anilines is 3. The van der Waals surface area contributed by atoms with Crippen molar-refractivity contribution < 1.29 is 4.42 Å². The van der Waals surface area contributed by atoms with Crippen LogP contribution >= 0.6 is 0 Å². The van der Waals surface area contributed by atoms with Crippen LogP contribution in [0.5, 0.6) is 0 Å². The molecule has 0 fully saturated rings. The number of nitrogens with zero attached hydrogens (tertiary/aromatic N) is 2. The van der Waals surface area contributed by atoms with Gasteiger partial charge in [-0.2, -0.15) is 0 Å². The summed E-state index contributed by atoms with van der Waals surface area (Å²) in [5, 5.41) is 4.79. The average molecular weight is 805 g/mol. The summed E-state index contributed by atoms with van der Waals surface area (Å²) in [6.07, 6.45) is 0. The van der Waals surface area contributed by atoms with Crippen molar-refractivity contribution in [2.75, 3.05) is 4.90 Å². The molecule has 10 aromatic carbocycles. The molecule has 0 bridgehead atoms. The van der Waals surface area contributed by atoms with Crippen molar-refractivity contribution in [1.29, 1.82) is 0 Å². The molecule has 296 valence electrons. The van der Waals surface area contributed by atoms with Gasteiger partial charge in [-0.05, 0) is 106 Å². The van der Waals surface area contributed by atoms with Crippen molar-refractivity contribution in [1.82, 2.24) is 4.57 Å². The molecule has 12 aromatic rings. The lowest BCUT2D eigenvalue weighted by atomic mass is 9.92. The highest BCUT2D eigenvalue weighted by atomic mass is 16.3. The lowest BCUT2D eigenvalue weighted by molar-refractivity contribution is 0.669. The van der Waals surface area contributed by atoms with E-state index in [-0.39, 0.29) is 0 Å². The predicted octanol–water partition coefficient (Wildman–Crippen LogP) is 16.8. The first-order valence-corrected chi connectivity index (χ1v) is 21.5. The highest BCUT2D eigenvalue weighted by Crippen LogP contribution is 2.44. The summed E-state index contributed by atoms with van der Waals surface area (Å²) in [6, 6.07) is 87.1. The molecule has 0 aliphatic rings. The van der Waals surface area contributed by atoms with Gasteiger partial charge in [0.15, 0.2) is 0 Å². The predicted molar refractivity (Wildman–Crippen MR) is 264 cm³/mol. The van der Waals surface area contributed by atoms with Crippen LogP contribution in [0.2, 0.25) is 0 Å². The van der Waals surface area contributed by atoms with Crippen molar-refractivity contribution in [3.8, 4) is 50.2 Å². The SMILES string of the molecule is c1ccc(-c2ccccc2N(c2ccc(-c3cccc(-n4c5ccccc5c5ccccc54)c3)cc2)c2ccc(-c3ccccc3-c3cccc4oc5ccccc5c34)cc2)cc1.